The molecule has 3 aromatic rings. The first-order chi connectivity index (χ1) is 10.6. The Balaban J connectivity index is 2.08. The highest BCUT2D eigenvalue weighted by atomic mass is 16.6. The van der Waals surface area contributed by atoms with Crippen molar-refractivity contribution in [3.8, 4) is 5.82 Å². The molecule has 0 amide bonds. The van der Waals surface area contributed by atoms with Crippen LogP contribution in [0.25, 0.3) is 5.82 Å². The number of nitro groups is 1. The maximum atomic E-state index is 11.4. The number of hydrogen-bond donors (Lipinski definition) is 1. The van der Waals surface area contributed by atoms with Gasteiger partial charge in [-0.15, -0.1) is 0 Å². The molecule has 0 saturated heterocycles. The van der Waals surface area contributed by atoms with Crippen molar-refractivity contribution in [3.05, 3.63) is 59.1 Å². The molecule has 3 heterocycles. The van der Waals surface area contributed by atoms with Crippen LogP contribution in [0.2, 0.25) is 0 Å². The predicted octanol–water partition coefficient (Wildman–Crippen LogP) is 2.02. The first-order valence-corrected chi connectivity index (χ1v) is 6.32. The normalized spacial score (nSPS) is 10.4. The molecular weight excluding hydrogens is 286 g/mol. The molecule has 0 aromatic carbocycles. The monoisotopic (exact) mass is 297 g/mol. The van der Waals surface area contributed by atoms with Crippen LogP contribution in [0.3, 0.4) is 0 Å². The third-order valence-corrected chi connectivity index (χ3v) is 2.90. The Morgan fingerprint density at radius 3 is 2.82 bits per heavy atom. The van der Waals surface area contributed by atoms with Crippen LogP contribution in [0.15, 0.2) is 43.4 Å². The molecule has 1 N–H and O–H groups in total. The maximum absolute atomic E-state index is 11.4. The van der Waals surface area contributed by atoms with E-state index < -0.39 is 4.92 Å². The summed E-state index contributed by atoms with van der Waals surface area (Å²) in [6.45, 7) is 1.90. The summed E-state index contributed by atoms with van der Waals surface area (Å²) in [5.41, 5.74) is 0.729. The zero-order valence-corrected chi connectivity index (χ0v) is 11.5. The van der Waals surface area contributed by atoms with Gasteiger partial charge in [0.2, 0.25) is 11.6 Å². The van der Waals surface area contributed by atoms with E-state index in [1.165, 1.54) is 23.4 Å². The summed E-state index contributed by atoms with van der Waals surface area (Å²) in [6.07, 6.45) is 7.39. The van der Waals surface area contributed by atoms with E-state index in [0.717, 1.165) is 5.56 Å². The smallest absolute Gasteiger partial charge is 0.319 e. The summed E-state index contributed by atoms with van der Waals surface area (Å²) in [7, 11) is 0. The average Bonchev–Trinajstić information content (AvgIpc) is 3.01. The molecule has 22 heavy (non-hydrogen) atoms. The van der Waals surface area contributed by atoms with Crippen molar-refractivity contribution in [2.75, 3.05) is 5.32 Å². The molecule has 3 rings (SSSR count). The number of hydrogen-bond acceptors (Lipinski definition) is 7. The number of nitrogens with one attached hydrogen (secondary N) is 1. The molecule has 0 atom stereocenters. The van der Waals surface area contributed by atoms with Crippen LogP contribution in [0.5, 0.6) is 0 Å². The van der Waals surface area contributed by atoms with E-state index in [4.69, 9.17) is 0 Å². The molecule has 0 aliphatic carbocycles. The molecule has 0 radical (unpaired) electrons. The van der Waals surface area contributed by atoms with Gasteiger partial charge in [-0.25, -0.2) is 19.9 Å². The van der Waals surface area contributed by atoms with Crippen molar-refractivity contribution >= 4 is 17.3 Å². The van der Waals surface area contributed by atoms with Crippen LogP contribution in [-0.2, 0) is 0 Å². The Hall–Kier alpha value is -3.36. The molecule has 0 aliphatic heterocycles. The second-order valence-electron chi connectivity index (χ2n) is 4.46. The average molecular weight is 297 g/mol. The van der Waals surface area contributed by atoms with Crippen molar-refractivity contribution < 1.29 is 4.92 Å². The van der Waals surface area contributed by atoms with Crippen molar-refractivity contribution in [2.24, 2.45) is 0 Å². The van der Waals surface area contributed by atoms with E-state index in [0.29, 0.717) is 5.82 Å². The topological polar surface area (TPSA) is 112 Å². The highest BCUT2D eigenvalue weighted by Crippen LogP contribution is 2.29. The first-order valence-electron chi connectivity index (χ1n) is 6.32. The molecule has 0 aliphatic rings. The van der Waals surface area contributed by atoms with E-state index in [9.17, 15) is 10.1 Å². The van der Waals surface area contributed by atoms with Gasteiger partial charge in [0.25, 0.3) is 0 Å². The molecule has 9 nitrogen and oxygen atoms in total. The molecule has 9 heteroatoms. The van der Waals surface area contributed by atoms with Crippen molar-refractivity contribution in [3.63, 3.8) is 0 Å². The van der Waals surface area contributed by atoms with Gasteiger partial charge in [-0.2, -0.15) is 0 Å². The van der Waals surface area contributed by atoms with Crippen molar-refractivity contribution in [1.82, 2.24) is 24.5 Å². The van der Waals surface area contributed by atoms with E-state index in [1.807, 2.05) is 13.0 Å². The predicted molar refractivity (Wildman–Crippen MR) is 78.1 cm³/mol. The largest absolute Gasteiger partial charge is 0.354 e. The van der Waals surface area contributed by atoms with Gasteiger partial charge >= 0.3 is 5.69 Å². The van der Waals surface area contributed by atoms with Crippen LogP contribution < -0.4 is 5.32 Å². The summed E-state index contributed by atoms with van der Waals surface area (Å²) in [6, 6.07) is 3.60. The highest BCUT2D eigenvalue weighted by molar-refractivity contribution is 5.68. The lowest BCUT2D eigenvalue weighted by molar-refractivity contribution is -0.384. The Morgan fingerprint density at radius 1 is 1.27 bits per heavy atom. The molecular formula is C13H11N7O2. The number of anilines is 2. The van der Waals surface area contributed by atoms with Crippen LogP contribution >= 0.6 is 0 Å². The van der Waals surface area contributed by atoms with Gasteiger partial charge < -0.3 is 5.32 Å². The van der Waals surface area contributed by atoms with Crippen LogP contribution in [-0.4, -0.2) is 29.4 Å². The van der Waals surface area contributed by atoms with E-state index in [-0.39, 0.29) is 17.3 Å². The van der Waals surface area contributed by atoms with E-state index in [2.05, 4.69) is 25.3 Å². The lowest BCUT2D eigenvalue weighted by Crippen LogP contribution is -2.07. The van der Waals surface area contributed by atoms with Crippen LogP contribution in [0.4, 0.5) is 17.3 Å². The van der Waals surface area contributed by atoms with E-state index in [1.54, 1.807) is 18.5 Å². The lowest BCUT2D eigenvalue weighted by atomic mass is 10.3. The number of nitrogens with zero attached hydrogens (tertiary/aromatic N) is 6. The third-order valence-electron chi connectivity index (χ3n) is 2.90. The molecule has 110 valence electrons. The standard InChI is InChI=1S/C13H11N7O2/c1-9-2-3-15-10(6-9)18-12-11(20(21)22)13(17-7-16-12)19-5-4-14-8-19/h2-8H,1H3,(H,15,16,17,18). The summed E-state index contributed by atoms with van der Waals surface area (Å²) >= 11 is 0. The SMILES string of the molecule is Cc1ccnc(Nc2ncnc(-n3ccnc3)c2[N+](=O)[O-])c1. The number of aromatic nitrogens is 5. The molecule has 0 saturated carbocycles. The fraction of sp³-hybridized carbons (Fsp3) is 0.0769. The number of aryl methyl sites for hydroxylation is 1. The van der Waals surface area contributed by atoms with E-state index >= 15 is 0 Å². The number of rotatable bonds is 4. The maximum Gasteiger partial charge on any atom is 0.354 e. The number of imidazole rings is 1. The van der Waals surface area contributed by atoms with Gasteiger partial charge in [0.1, 0.15) is 18.5 Å². The van der Waals surface area contributed by atoms with Gasteiger partial charge in [-0.05, 0) is 24.6 Å². The molecule has 0 spiro atoms. The Morgan fingerprint density at radius 2 is 2.14 bits per heavy atom. The van der Waals surface area contributed by atoms with Gasteiger partial charge in [-0.1, -0.05) is 0 Å². The Bertz CT molecular complexity index is 817. The molecule has 3 aromatic heterocycles. The number of pyridine rings is 1. The van der Waals surface area contributed by atoms with Crippen LogP contribution in [0.1, 0.15) is 5.56 Å². The molecule has 0 unspecified atom stereocenters. The van der Waals surface area contributed by atoms with Gasteiger partial charge in [0.15, 0.2) is 0 Å². The lowest BCUT2D eigenvalue weighted by Gasteiger charge is -2.08. The zero-order valence-electron chi connectivity index (χ0n) is 11.5. The minimum Gasteiger partial charge on any atom is -0.319 e. The molecule has 0 bridgehead atoms. The minimum absolute atomic E-state index is 0.0711. The highest BCUT2D eigenvalue weighted by Gasteiger charge is 2.24. The van der Waals surface area contributed by atoms with Crippen LogP contribution in [0, 0.1) is 17.0 Å². The zero-order chi connectivity index (χ0) is 15.5. The van der Waals surface area contributed by atoms with Crippen molar-refractivity contribution in [1.29, 1.82) is 0 Å². The van der Waals surface area contributed by atoms with Gasteiger partial charge in [0.05, 0.1) is 4.92 Å². The van der Waals surface area contributed by atoms with Crippen molar-refractivity contribution in [2.45, 2.75) is 6.92 Å². The summed E-state index contributed by atoms with van der Waals surface area (Å²) in [4.78, 5) is 26.8. The summed E-state index contributed by atoms with van der Waals surface area (Å²) in [5.74, 6) is 0.674. The molecule has 0 fully saturated rings. The Kier molecular flexibility index (Phi) is 3.44. The minimum atomic E-state index is -0.534. The van der Waals surface area contributed by atoms with Gasteiger partial charge in [-0.3, -0.25) is 14.7 Å². The quantitative estimate of drug-likeness (QED) is 0.579. The Labute approximate surface area is 124 Å². The summed E-state index contributed by atoms with van der Waals surface area (Å²) in [5, 5.41) is 14.3. The fourth-order valence-corrected chi connectivity index (χ4v) is 1.93. The summed E-state index contributed by atoms with van der Waals surface area (Å²) < 4.78 is 1.45. The fourth-order valence-electron chi connectivity index (χ4n) is 1.93. The first kappa shape index (κ1) is 13.6. The van der Waals surface area contributed by atoms with Gasteiger partial charge in [0, 0.05) is 18.6 Å². The second-order valence-corrected chi connectivity index (χ2v) is 4.46. The second kappa shape index (κ2) is 5.56. The third kappa shape index (κ3) is 2.59.